The molecule has 6 nitrogen and oxygen atoms in total. The third-order valence-corrected chi connectivity index (χ3v) is 3.55. The molecular weight excluding hydrogens is 262 g/mol. The van der Waals surface area contributed by atoms with Crippen LogP contribution in [0, 0.1) is 0 Å². The average Bonchev–Trinajstić information content (AvgIpc) is 2.94. The van der Waals surface area contributed by atoms with Crippen molar-refractivity contribution < 1.29 is 4.74 Å². The molecule has 7 heteroatoms. The summed E-state index contributed by atoms with van der Waals surface area (Å²) < 4.78 is 5.52. The topological polar surface area (TPSA) is 73.2 Å². The van der Waals surface area contributed by atoms with E-state index in [1.807, 2.05) is 11.4 Å². The lowest BCUT2D eigenvalue weighted by atomic mass is 10.4. The Morgan fingerprint density at radius 2 is 2.21 bits per heavy atom. The molecule has 0 N–H and O–H groups in total. The number of hydrogen-bond donors (Lipinski definition) is 0. The summed E-state index contributed by atoms with van der Waals surface area (Å²) in [5.41, 5.74) is 0.598. The van der Waals surface area contributed by atoms with E-state index < -0.39 is 6.23 Å². The predicted molar refractivity (Wildman–Crippen MR) is 68.5 cm³/mol. The van der Waals surface area contributed by atoms with E-state index in [9.17, 15) is 0 Å². The van der Waals surface area contributed by atoms with Gasteiger partial charge < -0.3 is 4.74 Å². The fourth-order valence-electron chi connectivity index (χ4n) is 1.81. The average molecular weight is 269 g/mol. The van der Waals surface area contributed by atoms with Gasteiger partial charge in [-0.15, -0.1) is 11.3 Å². The van der Waals surface area contributed by atoms with Crippen molar-refractivity contribution in [1.29, 1.82) is 0 Å². The van der Waals surface area contributed by atoms with Gasteiger partial charge in [-0.05, 0) is 11.4 Å². The zero-order valence-electron chi connectivity index (χ0n) is 9.59. The fourth-order valence-corrected chi connectivity index (χ4v) is 2.56. The zero-order chi connectivity index (χ0) is 12.7. The number of rotatable bonds is 1. The van der Waals surface area contributed by atoms with Crippen molar-refractivity contribution in [2.45, 2.75) is 6.23 Å². The van der Waals surface area contributed by atoms with Crippen LogP contribution in [0.2, 0.25) is 0 Å². The maximum Gasteiger partial charge on any atom is 0.251 e. The monoisotopic (exact) mass is 269 g/mol. The Morgan fingerprint density at radius 1 is 1.21 bits per heavy atom. The van der Waals surface area contributed by atoms with Crippen LogP contribution in [-0.4, -0.2) is 19.9 Å². The zero-order valence-corrected chi connectivity index (χ0v) is 10.4. The van der Waals surface area contributed by atoms with Crippen LogP contribution in [0.1, 0.15) is 12.1 Å². The van der Waals surface area contributed by atoms with Gasteiger partial charge in [0.1, 0.15) is 11.2 Å². The van der Waals surface area contributed by atoms with Crippen LogP contribution >= 0.6 is 11.3 Å². The first-order chi connectivity index (χ1) is 9.40. The van der Waals surface area contributed by atoms with Crippen LogP contribution < -0.4 is 10.7 Å². The Kier molecular flexibility index (Phi) is 2.25. The van der Waals surface area contributed by atoms with E-state index in [-0.39, 0.29) is 0 Å². The minimum atomic E-state index is -0.547. The molecule has 1 unspecified atom stereocenters. The van der Waals surface area contributed by atoms with Crippen LogP contribution in [0.5, 0.6) is 0 Å². The van der Waals surface area contributed by atoms with Gasteiger partial charge in [-0.3, -0.25) is 0 Å². The first-order valence-corrected chi connectivity index (χ1v) is 6.48. The molecular formula is C12H7N5OS. The van der Waals surface area contributed by atoms with Crippen molar-refractivity contribution in [2.24, 2.45) is 4.99 Å². The Morgan fingerprint density at radius 3 is 3.21 bits per heavy atom. The minimum Gasteiger partial charge on any atom is -0.468 e. The second-order valence-electron chi connectivity index (χ2n) is 3.95. The summed E-state index contributed by atoms with van der Waals surface area (Å²) in [5, 5.41) is 3.77. The Balaban J connectivity index is 1.83. The van der Waals surface area contributed by atoms with E-state index in [0.29, 0.717) is 11.3 Å². The summed E-state index contributed by atoms with van der Waals surface area (Å²) in [6.07, 6.45) is 5.94. The van der Waals surface area contributed by atoms with Crippen molar-refractivity contribution in [3.63, 3.8) is 0 Å². The maximum absolute atomic E-state index is 5.52. The number of fused-ring (bicyclic) bond motifs is 2. The normalized spacial score (nSPS) is 17.2. The molecule has 1 aliphatic heterocycles. The molecule has 0 saturated heterocycles. The lowest BCUT2D eigenvalue weighted by Gasteiger charge is -2.12. The van der Waals surface area contributed by atoms with E-state index in [1.165, 1.54) is 6.33 Å². The molecule has 0 fully saturated rings. The first-order valence-electron chi connectivity index (χ1n) is 5.60. The third kappa shape index (κ3) is 1.75. The smallest absolute Gasteiger partial charge is 0.251 e. The third-order valence-electron chi connectivity index (χ3n) is 2.73. The van der Waals surface area contributed by atoms with Crippen molar-refractivity contribution in [1.82, 2.24) is 19.9 Å². The van der Waals surface area contributed by atoms with Crippen LogP contribution in [-0.2, 0) is 4.74 Å². The Hall–Kier alpha value is -2.41. The summed E-state index contributed by atoms with van der Waals surface area (Å²) in [4.78, 5) is 22.1. The highest BCUT2D eigenvalue weighted by atomic mass is 32.1. The van der Waals surface area contributed by atoms with Crippen LogP contribution in [0.25, 0.3) is 16.5 Å². The molecule has 0 bridgehead atoms. The highest BCUT2D eigenvalue weighted by Crippen LogP contribution is 2.21. The van der Waals surface area contributed by atoms with E-state index in [1.54, 1.807) is 30.0 Å². The number of nitrogens with zero attached hydrogens (tertiary/aromatic N) is 5. The fraction of sp³-hybridized carbons (Fsp3) is 0.0833. The number of hydrogen-bond acceptors (Lipinski definition) is 7. The quantitative estimate of drug-likeness (QED) is 0.645. The lowest BCUT2D eigenvalue weighted by molar-refractivity contribution is 0.171. The molecule has 3 aromatic heterocycles. The van der Waals surface area contributed by atoms with Crippen LogP contribution in [0.15, 0.2) is 35.2 Å². The summed E-state index contributed by atoms with van der Waals surface area (Å²) in [5.74, 6) is 0.537. The molecule has 0 spiro atoms. The van der Waals surface area contributed by atoms with Gasteiger partial charge in [0, 0.05) is 17.8 Å². The Labute approximate surface area is 111 Å². The van der Waals surface area contributed by atoms with Gasteiger partial charge in [0.2, 0.25) is 0 Å². The van der Waals surface area contributed by atoms with Gasteiger partial charge in [0.15, 0.2) is 11.3 Å². The number of aromatic nitrogens is 4. The largest absolute Gasteiger partial charge is 0.468 e. The SMILES string of the molecule is C1=c2cncnc2=NC(c2ncc3ccsc3n2)O1. The molecule has 4 heterocycles. The van der Waals surface area contributed by atoms with E-state index >= 15 is 0 Å². The molecule has 3 aromatic rings. The van der Waals surface area contributed by atoms with Crippen LogP contribution in [0.4, 0.5) is 0 Å². The molecule has 0 saturated carbocycles. The highest BCUT2D eigenvalue weighted by molar-refractivity contribution is 7.16. The van der Waals surface area contributed by atoms with E-state index in [4.69, 9.17) is 4.74 Å². The van der Waals surface area contributed by atoms with Crippen LogP contribution in [0.3, 0.4) is 0 Å². The summed E-state index contributed by atoms with van der Waals surface area (Å²) in [6.45, 7) is 0. The first kappa shape index (κ1) is 10.5. The molecule has 1 atom stereocenters. The predicted octanol–water partition coefficient (Wildman–Crippen LogP) is 0.568. The minimum absolute atomic E-state index is 0.537. The molecule has 92 valence electrons. The maximum atomic E-state index is 5.52. The number of ether oxygens (including phenoxy) is 1. The van der Waals surface area contributed by atoms with Gasteiger partial charge in [0.25, 0.3) is 6.23 Å². The second-order valence-corrected chi connectivity index (χ2v) is 4.84. The van der Waals surface area contributed by atoms with Crippen molar-refractivity contribution >= 4 is 27.8 Å². The van der Waals surface area contributed by atoms with Crippen molar-refractivity contribution in [3.05, 3.63) is 46.7 Å². The molecule has 0 aromatic carbocycles. The van der Waals surface area contributed by atoms with Gasteiger partial charge in [0.05, 0.1) is 11.5 Å². The second kappa shape index (κ2) is 4.06. The summed E-state index contributed by atoms with van der Waals surface area (Å²) >= 11 is 1.57. The summed E-state index contributed by atoms with van der Waals surface area (Å²) in [7, 11) is 0. The van der Waals surface area contributed by atoms with Gasteiger partial charge in [-0.2, -0.15) is 0 Å². The molecule has 1 aliphatic rings. The molecule has 0 radical (unpaired) electrons. The highest BCUT2D eigenvalue weighted by Gasteiger charge is 2.17. The summed E-state index contributed by atoms with van der Waals surface area (Å²) in [6, 6.07) is 1.98. The molecule has 19 heavy (non-hydrogen) atoms. The molecule has 0 amide bonds. The number of thiophene rings is 1. The van der Waals surface area contributed by atoms with Crippen molar-refractivity contribution in [2.75, 3.05) is 0 Å². The molecule has 0 aliphatic carbocycles. The molecule has 4 rings (SSSR count). The lowest BCUT2D eigenvalue weighted by Crippen LogP contribution is -2.33. The van der Waals surface area contributed by atoms with Gasteiger partial charge in [-0.1, -0.05) is 0 Å². The van der Waals surface area contributed by atoms with Crippen molar-refractivity contribution in [3.8, 4) is 0 Å². The standard InChI is InChI=1S/C12H7N5OS/c1-2-19-12-7(1)4-14-10(17-12)11-16-9-8(5-18-11)3-13-6-15-9/h1-6,11H. The van der Waals surface area contributed by atoms with E-state index in [2.05, 4.69) is 24.9 Å². The Bertz CT molecular complexity index is 875. The van der Waals surface area contributed by atoms with Gasteiger partial charge >= 0.3 is 0 Å². The van der Waals surface area contributed by atoms with E-state index in [0.717, 1.165) is 15.4 Å². The van der Waals surface area contributed by atoms with Gasteiger partial charge in [-0.25, -0.2) is 24.9 Å².